The number of aliphatic carboxylic acids is 1. The van der Waals surface area contributed by atoms with Gasteiger partial charge >= 0.3 is 5.97 Å². The summed E-state index contributed by atoms with van der Waals surface area (Å²) in [5.41, 5.74) is 1.14. The summed E-state index contributed by atoms with van der Waals surface area (Å²) < 4.78 is 11.5. The third-order valence-electron chi connectivity index (χ3n) is 5.84. The third kappa shape index (κ3) is 7.60. The highest BCUT2D eigenvalue weighted by molar-refractivity contribution is 6.21. The molecule has 6 heteroatoms. The van der Waals surface area contributed by atoms with E-state index in [-0.39, 0.29) is 29.7 Å². The van der Waals surface area contributed by atoms with Crippen molar-refractivity contribution in [3.8, 4) is 5.75 Å². The fourth-order valence-electron chi connectivity index (χ4n) is 4.09. The van der Waals surface area contributed by atoms with Crippen LogP contribution in [0.1, 0.15) is 63.5 Å². The average molecular weight is 439 g/mol. The zero-order chi connectivity index (χ0) is 21.9. The van der Waals surface area contributed by atoms with Crippen LogP contribution in [0.5, 0.6) is 5.75 Å². The van der Waals surface area contributed by atoms with E-state index >= 15 is 0 Å². The lowest BCUT2D eigenvalue weighted by molar-refractivity contribution is -0.137. The van der Waals surface area contributed by atoms with Gasteiger partial charge in [-0.25, -0.2) is 0 Å². The van der Waals surface area contributed by atoms with Gasteiger partial charge in [-0.2, -0.15) is 0 Å². The van der Waals surface area contributed by atoms with Crippen molar-refractivity contribution >= 4 is 17.6 Å². The molecule has 5 atom stereocenters. The van der Waals surface area contributed by atoms with Crippen molar-refractivity contribution in [2.45, 2.75) is 69.5 Å². The van der Waals surface area contributed by atoms with Gasteiger partial charge in [0.2, 0.25) is 0 Å². The molecule has 0 heterocycles. The predicted octanol–water partition coefficient (Wildman–Crippen LogP) is 5.36. The van der Waals surface area contributed by atoms with Gasteiger partial charge in [-0.3, -0.25) is 4.79 Å². The van der Waals surface area contributed by atoms with Crippen LogP contribution in [0.3, 0.4) is 0 Å². The summed E-state index contributed by atoms with van der Waals surface area (Å²) in [6.45, 7) is 2.56. The number of hydrogen-bond acceptors (Lipinski definition) is 4. The maximum Gasteiger partial charge on any atom is 0.303 e. The Morgan fingerprint density at radius 3 is 2.63 bits per heavy atom. The number of carboxylic acids is 1. The number of hydrogen-bond donors (Lipinski definition) is 2. The Morgan fingerprint density at radius 2 is 2.00 bits per heavy atom. The van der Waals surface area contributed by atoms with E-state index in [0.717, 1.165) is 37.0 Å². The summed E-state index contributed by atoms with van der Waals surface area (Å²) in [6, 6.07) is 7.97. The number of carbonyl (C=O) groups is 1. The Kier molecular flexibility index (Phi) is 10.7. The third-order valence-corrected chi connectivity index (χ3v) is 6.34. The summed E-state index contributed by atoms with van der Waals surface area (Å²) >= 11 is 6.49. The first-order valence-electron chi connectivity index (χ1n) is 10.9. The summed E-state index contributed by atoms with van der Waals surface area (Å²) in [5.74, 6) is 0.122. The highest BCUT2D eigenvalue weighted by Crippen LogP contribution is 2.39. The van der Waals surface area contributed by atoms with Gasteiger partial charge in [0.1, 0.15) is 5.75 Å². The molecule has 1 aromatic rings. The number of allylic oxidation sites excluding steroid dienone is 2. The van der Waals surface area contributed by atoms with Crippen LogP contribution in [0.4, 0.5) is 0 Å². The first kappa shape index (κ1) is 24.7. The molecule has 0 aromatic heterocycles. The number of alkyl halides is 1. The molecule has 0 bridgehead atoms. The second-order valence-corrected chi connectivity index (χ2v) is 8.59. The van der Waals surface area contributed by atoms with Gasteiger partial charge in [-0.1, -0.05) is 37.6 Å². The molecule has 0 amide bonds. The van der Waals surface area contributed by atoms with Crippen LogP contribution in [0, 0.1) is 11.8 Å². The van der Waals surface area contributed by atoms with E-state index in [9.17, 15) is 9.90 Å². The molecule has 5 nitrogen and oxygen atoms in total. The molecule has 168 valence electrons. The molecule has 1 aliphatic carbocycles. The summed E-state index contributed by atoms with van der Waals surface area (Å²) in [5, 5.41) is 19.0. The highest BCUT2D eigenvalue weighted by atomic mass is 35.5. The lowest BCUT2D eigenvalue weighted by Crippen LogP contribution is -2.27. The lowest BCUT2D eigenvalue weighted by atomic mass is 9.92. The normalized spacial score (nSPS) is 24.9. The largest absolute Gasteiger partial charge is 0.493 e. The van der Waals surface area contributed by atoms with E-state index in [2.05, 4.69) is 13.0 Å². The van der Waals surface area contributed by atoms with E-state index in [1.165, 1.54) is 0 Å². The van der Waals surface area contributed by atoms with Gasteiger partial charge in [0.05, 0.1) is 18.8 Å². The van der Waals surface area contributed by atoms with Crippen molar-refractivity contribution in [1.29, 1.82) is 0 Å². The number of benzene rings is 1. The fraction of sp³-hybridized carbons (Fsp3) is 0.625. The first-order valence-corrected chi connectivity index (χ1v) is 11.3. The van der Waals surface area contributed by atoms with E-state index < -0.39 is 12.1 Å². The molecule has 1 aromatic carbocycles. The molecule has 2 rings (SSSR count). The Morgan fingerprint density at radius 1 is 1.27 bits per heavy atom. The number of ether oxygens (including phenoxy) is 2. The molecule has 2 N–H and O–H groups in total. The van der Waals surface area contributed by atoms with E-state index in [0.29, 0.717) is 19.4 Å². The Balaban J connectivity index is 1.87. The molecule has 0 spiro atoms. The molecule has 1 fully saturated rings. The molecule has 0 saturated heterocycles. The summed E-state index contributed by atoms with van der Waals surface area (Å²) in [4.78, 5) is 10.6. The topological polar surface area (TPSA) is 76.0 Å². The van der Waals surface area contributed by atoms with Crippen molar-refractivity contribution in [1.82, 2.24) is 0 Å². The van der Waals surface area contributed by atoms with Gasteiger partial charge in [-0.05, 0) is 55.7 Å². The van der Waals surface area contributed by atoms with Gasteiger partial charge < -0.3 is 19.7 Å². The predicted molar refractivity (Wildman–Crippen MR) is 119 cm³/mol. The average Bonchev–Trinajstić information content (AvgIpc) is 2.99. The minimum atomic E-state index is -0.767. The van der Waals surface area contributed by atoms with Crippen LogP contribution >= 0.6 is 11.6 Å². The molecule has 0 radical (unpaired) electrons. The lowest BCUT2D eigenvalue weighted by Gasteiger charge is -2.23. The van der Waals surface area contributed by atoms with E-state index in [1.807, 2.05) is 30.3 Å². The van der Waals surface area contributed by atoms with Crippen LogP contribution in [0.2, 0.25) is 0 Å². The van der Waals surface area contributed by atoms with Gasteiger partial charge in [0, 0.05) is 24.8 Å². The number of rotatable bonds is 13. The number of unbranched alkanes of at least 4 members (excludes halogenated alkanes) is 1. The van der Waals surface area contributed by atoms with Crippen molar-refractivity contribution < 1.29 is 24.5 Å². The van der Waals surface area contributed by atoms with E-state index in [4.69, 9.17) is 26.2 Å². The standard InChI is InChI=1S/C24H35ClO5/c1-3-8-23(29-2)17-11-13-18(14-12-17)30-16-20-19(21(25)15-22(20)26)9-6-4-5-7-10-24(27)28/h4,6,11-14,19-23,26H,3,5,7-10,15-16H2,1-2H3,(H,27,28)/b6-4-/t19-,20-,21+,22-,23?/m1/s1. The number of aliphatic hydroxyl groups excluding tert-OH is 1. The van der Waals surface area contributed by atoms with Crippen LogP contribution in [0.15, 0.2) is 36.4 Å². The maximum atomic E-state index is 10.6. The van der Waals surface area contributed by atoms with Gasteiger partial charge in [-0.15, -0.1) is 11.6 Å². The molecular formula is C24H35ClO5. The van der Waals surface area contributed by atoms with Crippen molar-refractivity contribution in [2.75, 3.05) is 13.7 Å². The van der Waals surface area contributed by atoms with Crippen LogP contribution in [-0.2, 0) is 9.53 Å². The van der Waals surface area contributed by atoms with Gasteiger partial charge in [0.15, 0.2) is 0 Å². The molecule has 1 saturated carbocycles. The Bertz CT molecular complexity index is 660. The van der Waals surface area contributed by atoms with E-state index in [1.54, 1.807) is 7.11 Å². The minimum absolute atomic E-state index is 0.0253. The molecule has 0 aliphatic heterocycles. The molecule has 30 heavy (non-hydrogen) atoms. The van der Waals surface area contributed by atoms with Crippen LogP contribution in [0.25, 0.3) is 0 Å². The SMILES string of the molecule is CCCC(OC)c1ccc(OC[C@@H]2[C@@H](C/C=C\CCCC(=O)O)[C@@H](Cl)C[C@H]2O)cc1. The Labute approximate surface area is 185 Å². The molecular weight excluding hydrogens is 404 g/mol. The summed E-state index contributed by atoms with van der Waals surface area (Å²) in [6.07, 6.45) is 8.62. The number of halogens is 1. The number of carboxylic acid groups (broad SMARTS) is 1. The molecule has 1 unspecified atom stereocenters. The Hall–Kier alpha value is -1.56. The number of aliphatic hydroxyl groups is 1. The number of methoxy groups -OCH3 is 1. The van der Waals surface area contributed by atoms with Crippen LogP contribution < -0.4 is 4.74 Å². The van der Waals surface area contributed by atoms with Crippen LogP contribution in [-0.4, -0.2) is 41.4 Å². The monoisotopic (exact) mass is 438 g/mol. The quantitative estimate of drug-likeness (QED) is 0.246. The maximum absolute atomic E-state index is 10.6. The van der Waals surface area contributed by atoms with Crippen molar-refractivity contribution in [2.24, 2.45) is 11.8 Å². The highest BCUT2D eigenvalue weighted by Gasteiger charge is 2.41. The second kappa shape index (κ2) is 13.0. The van der Waals surface area contributed by atoms with Crippen molar-refractivity contribution in [3.05, 3.63) is 42.0 Å². The smallest absolute Gasteiger partial charge is 0.303 e. The van der Waals surface area contributed by atoms with Gasteiger partial charge in [0.25, 0.3) is 0 Å². The zero-order valence-corrected chi connectivity index (χ0v) is 18.8. The second-order valence-electron chi connectivity index (χ2n) is 8.03. The summed E-state index contributed by atoms with van der Waals surface area (Å²) in [7, 11) is 1.73. The fourth-order valence-corrected chi connectivity index (χ4v) is 4.56. The van der Waals surface area contributed by atoms with Crippen molar-refractivity contribution in [3.63, 3.8) is 0 Å². The molecule has 1 aliphatic rings. The minimum Gasteiger partial charge on any atom is -0.493 e. The zero-order valence-electron chi connectivity index (χ0n) is 18.0. The first-order chi connectivity index (χ1) is 14.5.